The van der Waals surface area contributed by atoms with Gasteiger partial charge in [0.2, 0.25) is 5.88 Å². The summed E-state index contributed by atoms with van der Waals surface area (Å²) in [5.41, 5.74) is 0.412. The van der Waals surface area contributed by atoms with E-state index in [0.717, 1.165) is 11.8 Å². The third kappa shape index (κ3) is 3.22. The Morgan fingerprint density at radius 3 is 3.00 bits per heavy atom. The zero-order valence-electron chi connectivity index (χ0n) is 12.3. The van der Waals surface area contributed by atoms with Crippen LogP contribution in [-0.4, -0.2) is 22.8 Å². The summed E-state index contributed by atoms with van der Waals surface area (Å²) in [6, 6.07) is 1.85. The Morgan fingerprint density at radius 2 is 2.32 bits per heavy atom. The number of hydrogen-bond acceptors (Lipinski definition) is 4. The number of rotatable bonds is 5. The van der Waals surface area contributed by atoms with E-state index in [0.29, 0.717) is 23.1 Å². The fraction of sp³-hybridized carbons (Fsp3) is 0.733. The molecule has 0 saturated heterocycles. The maximum Gasteiger partial charge on any atom is 0.217 e. The lowest BCUT2D eigenvalue weighted by molar-refractivity contribution is 0.0959. The van der Waals surface area contributed by atoms with Gasteiger partial charge in [-0.2, -0.15) is 4.98 Å². The van der Waals surface area contributed by atoms with Crippen molar-refractivity contribution < 1.29 is 4.74 Å². The Bertz CT molecular complexity index is 424. The van der Waals surface area contributed by atoms with E-state index in [1.54, 1.807) is 18.0 Å². The highest BCUT2D eigenvalue weighted by Crippen LogP contribution is 2.48. The van der Waals surface area contributed by atoms with Gasteiger partial charge in [0.1, 0.15) is 0 Å². The molecule has 1 aromatic heterocycles. The zero-order valence-corrected chi connectivity index (χ0v) is 13.2. The van der Waals surface area contributed by atoms with E-state index in [9.17, 15) is 0 Å². The summed E-state index contributed by atoms with van der Waals surface area (Å²) in [7, 11) is 0. The molecule has 0 aromatic carbocycles. The maximum atomic E-state index is 5.91. The maximum absolute atomic E-state index is 5.91. The second-order valence-corrected chi connectivity index (χ2v) is 6.72. The number of nitrogens with zero attached hydrogens (tertiary/aromatic N) is 2. The second-order valence-electron chi connectivity index (χ2n) is 5.94. The highest BCUT2D eigenvalue weighted by Gasteiger charge is 2.41. The van der Waals surface area contributed by atoms with Gasteiger partial charge in [-0.3, -0.25) is 0 Å². The summed E-state index contributed by atoms with van der Waals surface area (Å²) >= 11 is 1.54. The molecule has 0 bridgehead atoms. The minimum absolute atomic E-state index is 0.412. The van der Waals surface area contributed by atoms with Crippen LogP contribution in [0.4, 0.5) is 0 Å². The lowest BCUT2D eigenvalue weighted by Crippen LogP contribution is -2.31. The van der Waals surface area contributed by atoms with Crippen molar-refractivity contribution >= 4 is 11.8 Å². The topological polar surface area (TPSA) is 35.0 Å². The van der Waals surface area contributed by atoms with E-state index in [2.05, 4.69) is 30.7 Å². The highest BCUT2D eigenvalue weighted by molar-refractivity contribution is 7.98. The molecule has 2 atom stereocenters. The fourth-order valence-corrected chi connectivity index (χ4v) is 3.33. The van der Waals surface area contributed by atoms with Crippen molar-refractivity contribution in [3.05, 3.63) is 12.3 Å². The van der Waals surface area contributed by atoms with Crippen LogP contribution >= 0.6 is 11.8 Å². The summed E-state index contributed by atoms with van der Waals surface area (Å²) in [4.78, 5) is 8.54. The molecule has 1 heterocycles. The van der Waals surface area contributed by atoms with Crippen molar-refractivity contribution in [1.82, 2.24) is 9.97 Å². The molecule has 1 aliphatic rings. The third-order valence-corrected chi connectivity index (χ3v) is 5.30. The van der Waals surface area contributed by atoms with E-state index in [1.807, 2.05) is 12.3 Å². The molecule has 3 nitrogen and oxygen atoms in total. The van der Waals surface area contributed by atoms with Gasteiger partial charge >= 0.3 is 0 Å². The molecule has 4 heteroatoms. The van der Waals surface area contributed by atoms with Crippen LogP contribution in [0.25, 0.3) is 0 Å². The SMILES string of the molecule is CSc1nccc(OCC2CCCC2(C)C(C)C)n1. The van der Waals surface area contributed by atoms with Gasteiger partial charge in [-0.15, -0.1) is 0 Å². The summed E-state index contributed by atoms with van der Waals surface area (Å²) in [5, 5.41) is 0.774. The molecule has 1 fully saturated rings. The first kappa shape index (κ1) is 14.6. The smallest absolute Gasteiger partial charge is 0.217 e. The van der Waals surface area contributed by atoms with Crippen molar-refractivity contribution in [1.29, 1.82) is 0 Å². The van der Waals surface area contributed by atoms with Gasteiger partial charge in [-0.05, 0) is 36.3 Å². The van der Waals surface area contributed by atoms with E-state index >= 15 is 0 Å². The Kier molecular flexibility index (Phi) is 4.71. The predicted octanol–water partition coefficient (Wildman–Crippen LogP) is 4.04. The van der Waals surface area contributed by atoms with Crippen LogP contribution < -0.4 is 4.74 Å². The first-order valence-corrected chi connectivity index (χ1v) is 8.28. The average molecular weight is 280 g/mol. The van der Waals surface area contributed by atoms with Crippen molar-refractivity contribution in [3.8, 4) is 5.88 Å². The van der Waals surface area contributed by atoms with Crippen molar-refractivity contribution in [2.45, 2.75) is 45.2 Å². The van der Waals surface area contributed by atoms with Crippen LogP contribution in [0.1, 0.15) is 40.0 Å². The number of aromatic nitrogens is 2. The quantitative estimate of drug-likeness (QED) is 0.602. The molecule has 1 aromatic rings. The Hall–Kier alpha value is -0.770. The molecule has 1 saturated carbocycles. The molecule has 1 aliphatic carbocycles. The summed E-state index contributed by atoms with van der Waals surface area (Å²) in [5.74, 6) is 2.05. The summed E-state index contributed by atoms with van der Waals surface area (Å²) < 4.78 is 5.91. The average Bonchev–Trinajstić information content (AvgIpc) is 2.79. The van der Waals surface area contributed by atoms with E-state index in [4.69, 9.17) is 4.74 Å². The van der Waals surface area contributed by atoms with Crippen molar-refractivity contribution in [2.24, 2.45) is 17.3 Å². The molecule has 0 aliphatic heterocycles. The van der Waals surface area contributed by atoms with Crippen LogP contribution in [0.5, 0.6) is 5.88 Å². The minimum atomic E-state index is 0.412. The monoisotopic (exact) mass is 280 g/mol. The summed E-state index contributed by atoms with van der Waals surface area (Å²) in [6.07, 6.45) is 7.66. The largest absolute Gasteiger partial charge is 0.477 e. The van der Waals surface area contributed by atoms with Gasteiger partial charge in [-0.1, -0.05) is 39.0 Å². The van der Waals surface area contributed by atoms with E-state index in [-0.39, 0.29) is 0 Å². The van der Waals surface area contributed by atoms with Crippen molar-refractivity contribution in [2.75, 3.05) is 12.9 Å². The predicted molar refractivity (Wildman–Crippen MR) is 79.6 cm³/mol. The van der Waals surface area contributed by atoms with E-state index < -0.39 is 0 Å². The number of thioether (sulfide) groups is 1. The molecular formula is C15H24N2OS. The third-order valence-electron chi connectivity index (χ3n) is 4.74. The lowest BCUT2D eigenvalue weighted by atomic mass is 9.71. The second kappa shape index (κ2) is 6.12. The van der Waals surface area contributed by atoms with Crippen LogP contribution in [-0.2, 0) is 0 Å². The Labute approximate surface area is 120 Å². The van der Waals surface area contributed by atoms with Crippen LogP contribution in [0.3, 0.4) is 0 Å². The number of hydrogen-bond donors (Lipinski definition) is 0. The molecule has 2 unspecified atom stereocenters. The van der Waals surface area contributed by atoms with Crippen LogP contribution in [0, 0.1) is 17.3 Å². The first-order valence-electron chi connectivity index (χ1n) is 7.06. The molecule has 0 N–H and O–H groups in total. The van der Waals surface area contributed by atoms with Gasteiger partial charge in [-0.25, -0.2) is 4.98 Å². The van der Waals surface area contributed by atoms with Crippen molar-refractivity contribution in [3.63, 3.8) is 0 Å². The zero-order chi connectivity index (χ0) is 13.9. The van der Waals surface area contributed by atoms with Crippen LogP contribution in [0.2, 0.25) is 0 Å². The van der Waals surface area contributed by atoms with Gasteiger partial charge in [0.25, 0.3) is 0 Å². The molecule has 0 radical (unpaired) electrons. The molecule has 106 valence electrons. The molecule has 0 spiro atoms. The van der Waals surface area contributed by atoms with E-state index in [1.165, 1.54) is 19.3 Å². The molecule has 2 rings (SSSR count). The first-order chi connectivity index (χ1) is 9.06. The van der Waals surface area contributed by atoms with Gasteiger partial charge in [0, 0.05) is 12.3 Å². The van der Waals surface area contributed by atoms with Gasteiger partial charge < -0.3 is 4.74 Å². The van der Waals surface area contributed by atoms with Gasteiger partial charge in [0.05, 0.1) is 6.61 Å². The molecule has 0 amide bonds. The Balaban J connectivity index is 1.98. The fourth-order valence-electron chi connectivity index (χ4n) is 2.99. The Morgan fingerprint density at radius 1 is 1.53 bits per heavy atom. The summed E-state index contributed by atoms with van der Waals surface area (Å²) in [6.45, 7) is 7.84. The molecule has 19 heavy (non-hydrogen) atoms. The molecular weight excluding hydrogens is 256 g/mol. The lowest BCUT2D eigenvalue weighted by Gasteiger charge is -2.35. The van der Waals surface area contributed by atoms with Gasteiger partial charge in [0.15, 0.2) is 5.16 Å². The standard InChI is InChI=1S/C15H24N2OS/c1-11(2)15(3)8-5-6-12(15)10-18-13-7-9-16-14(17-13)19-4/h7,9,11-12H,5-6,8,10H2,1-4H3. The normalized spacial score (nSPS) is 26.9. The minimum Gasteiger partial charge on any atom is -0.477 e. The highest BCUT2D eigenvalue weighted by atomic mass is 32.2. The number of ether oxygens (including phenoxy) is 1. The van der Waals surface area contributed by atoms with Crippen LogP contribution in [0.15, 0.2) is 17.4 Å².